The monoisotopic (exact) mass is 674 g/mol. The SMILES string of the molecule is c1ccc(-c2ccc(-c3c4ccccc4c(-c4ccccc4-c4ccc5c6c4Oc4ccccc4B6c4ccccc4O5)c4ccccc34)cc2)cc1. The first-order valence-electron chi connectivity index (χ1n) is 18.2. The summed E-state index contributed by atoms with van der Waals surface area (Å²) in [6, 6.07) is 67.3. The number of rotatable bonds is 4. The zero-order valence-electron chi connectivity index (χ0n) is 28.8. The van der Waals surface area contributed by atoms with Gasteiger partial charge < -0.3 is 9.47 Å². The van der Waals surface area contributed by atoms with Crippen molar-refractivity contribution in [3.05, 3.63) is 188 Å². The summed E-state index contributed by atoms with van der Waals surface area (Å²) < 4.78 is 13.5. The molecule has 3 heteroatoms. The first-order valence-corrected chi connectivity index (χ1v) is 18.2. The molecule has 0 fully saturated rings. The Morgan fingerprint density at radius 1 is 0.302 bits per heavy atom. The summed E-state index contributed by atoms with van der Waals surface area (Å²) in [5.74, 6) is 3.49. The van der Waals surface area contributed by atoms with Crippen LogP contribution >= 0.6 is 0 Å². The van der Waals surface area contributed by atoms with E-state index in [1.54, 1.807) is 0 Å². The molecule has 2 aliphatic rings. The van der Waals surface area contributed by atoms with E-state index in [0.717, 1.165) is 50.5 Å². The molecule has 0 bridgehead atoms. The Hall–Kier alpha value is -6.84. The van der Waals surface area contributed by atoms with Gasteiger partial charge in [0.2, 0.25) is 0 Å². The van der Waals surface area contributed by atoms with Crippen LogP contribution < -0.4 is 25.9 Å². The predicted molar refractivity (Wildman–Crippen MR) is 221 cm³/mol. The van der Waals surface area contributed by atoms with E-state index in [1.165, 1.54) is 54.9 Å². The summed E-state index contributed by atoms with van der Waals surface area (Å²) in [5, 5.41) is 4.89. The van der Waals surface area contributed by atoms with Gasteiger partial charge in [0.25, 0.3) is 6.71 Å². The number of fused-ring (bicyclic) bond motifs is 6. The Kier molecular flexibility index (Phi) is 6.68. The maximum Gasteiger partial charge on any atom is 0.260 e. The molecule has 246 valence electrons. The molecule has 2 aliphatic heterocycles. The molecule has 9 aromatic carbocycles. The van der Waals surface area contributed by atoms with Crippen LogP contribution in [0.3, 0.4) is 0 Å². The average molecular weight is 675 g/mol. The number of hydrogen-bond donors (Lipinski definition) is 0. The minimum atomic E-state index is 0.0104. The molecule has 9 aromatic rings. The van der Waals surface area contributed by atoms with Crippen LogP contribution in [0.5, 0.6) is 23.0 Å². The fraction of sp³-hybridized carbons (Fsp3) is 0. The van der Waals surface area contributed by atoms with E-state index in [0.29, 0.717) is 0 Å². The number of para-hydroxylation sites is 2. The quantitative estimate of drug-likeness (QED) is 0.137. The highest BCUT2D eigenvalue weighted by Crippen LogP contribution is 2.48. The van der Waals surface area contributed by atoms with E-state index in [4.69, 9.17) is 9.47 Å². The summed E-state index contributed by atoms with van der Waals surface area (Å²) in [6.45, 7) is 0.0104. The topological polar surface area (TPSA) is 18.5 Å². The van der Waals surface area contributed by atoms with E-state index >= 15 is 0 Å². The molecule has 11 rings (SSSR count). The van der Waals surface area contributed by atoms with Crippen LogP contribution in [-0.4, -0.2) is 6.71 Å². The number of ether oxygens (including phenoxy) is 2. The molecule has 0 N–H and O–H groups in total. The lowest BCUT2D eigenvalue weighted by Crippen LogP contribution is -2.57. The standard InChI is InChI=1S/C50H31BO2/c1-2-14-32(15-3-1)33-26-28-34(29-27-33)47-37-18-6-8-20-39(37)48(40-21-9-7-19-38(40)47)36-17-5-4-16-35(36)41-30-31-46-49-50(41)53-45-25-13-11-23-43(45)51(49)42-22-10-12-24-44(42)52-46/h1-31H. The van der Waals surface area contributed by atoms with Crippen molar-refractivity contribution in [3.63, 3.8) is 0 Å². The van der Waals surface area contributed by atoms with Gasteiger partial charge in [0, 0.05) is 11.0 Å². The van der Waals surface area contributed by atoms with Crippen LogP contribution in [-0.2, 0) is 0 Å². The zero-order valence-corrected chi connectivity index (χ0v) is 28.8. The van der Waals surface area contributed by atoms with Crippen LogP contribution in [0.25, 0.3) is 66.1 Å². The van der Waals surface area contributed by atoms with Crippen molar-refractivity contribution >= 4 is 44.6 Å². The van der Waals surface area contributed by atoms with E-state index in [1.807, 2.05) is 6.07 Å². The lowest BCUT2D eigenvalue weighted by molar-refractivity contribution is 0.465. The fourth-order valence-corrected chi connectivity index (χ4v) is 8.72. The highest BCUT2D eigenvalue weighted by molar-refractivity contribution is 6.98. The van der Waals surface area contributed by atoms with Crippen LogP contribution in [0.2, 0.25) is 0 Å². The van der Waals surface area contributed by atoms with E-state index in [-0.39, 0.29) is 6.71 Å². The van der Waals surface area contributed by atoms with Crippen LogP contribution in [0.15, 0.2) is 188 Å². The highest BCUT2D eigenvalue weighted by atomic mass is 16.5. The number of benzene rings is 9. The summed E-state index contributed by atoms with van der Waals surface area (Å²) in [5.41, 5.74) is 12.8. The molecule has 2 heterocycles. The van der Waals surface area contributed by atoms with E-state index in [9.17, 15) is 0 Å². The van der Waals surface area contributed by atoms with Gasteiger partial charge in [-0.1, -0.05) is 164 Å². The van der Waals surface area contributed by atoms with Gasteiger partial charge in [0.05, 0.1) is 0 Å². The van der Waals surface area contributed by atoms with Gasteiger partial charge in [-0.05, 0) is 95.7 Å². The summed E-state index contributed by atoms with van der Waals surface area (Å²) in [6.07, 6.45) is 0. The summed E-state index contributed by atoms with van der Waals surface area (Å²) >= 11 is 0. The molecule has 0 unspecified atom stereocenters. The molecule has 0 spiro atoms. The molecular weight excluding hydrogens is 643 g/mol. The van der Waals surface area contributed by atoms with Gasteiger partial charge in [-0.2, -0.15) is 0 Å². The maximum absolute atomic E-state index is 6.93. The molecular formula is C50H31BO2. The second-order valence-electron chi connectivity index (χ2n) is 13.9. The average Bonchev–Trinajstić information content (AvgIpc) is 3.23. The maximum atomic E-state index is 6.93. The van der Waals surface area contributed by atoms with Gasteiger partial charge in [-0.15, -0.1) is 0 Å². The van der Waals surface area contributed by atoms with Crippen LogP contribution in [0.4, 0.5) is 0 Å². The van der Waals surface area contributed by atoms with Crippen molar-refractivity contribution in [1.29, 1.82) is 0 Å². The highest BCUT2D eigenvalue weighted by Gasteiger charge is 2.41. The number of hydrogen-bond acceptors (Lipinski definition) is 2. The smallest absolute Gasteiger partial charge is 0.260 e. The first-order chi connectivity index (χ1) is 26.3. The Labute approximate surface area is 308 Å². The van der Waals surface area contributed by atoms with Crippen molar-refractivity contribution in [3.8, 4) is 67.5 Å². The third-order valence-corrected chi connectivity index (χ3v) is 11.0. The van der Waals surface area contributed by atoms with Crippen molar-refractivity contribution < 1.29 is 9.47 Å². The van der Waals surface area contributed by atoms with Crippen LogP contribution in [0.1, 0.15) is 0 Å². The Balaban J connectivity index is 1.14. The van der Waals surface area contributed by atoms with Crippen molar-refractivity contribution in [2.24, 2.45) is 0 Å². The van der Waals surface area contributed by atoms with Gasteiger partial charge in [-0.25, -0.2) is 0 Å². The van der Waals surface area contributed by atoms with E-state index in [2.05, 4.69) is 182 Å². The van der Waals surface area contributed by atoms with Gasteiger partial charge >= 0.3 is 0 Å². The van der Waals surface area contributed by atoms with Crippen molar-refractivity contribution in [2.45, 2.75) is 0 Å². The molecule has 2 nitrogen and oxygen atoms in total. The zero-order chi connectivity index (χ0) is 34.9. The van der Waals surface area contributed by atoms with Gasteiger partial charge in [0.1, 0.15) is 23.0 Å². The van der Waals surface area contributed by atoms with Crippen molar-refractivity contribution in [2.75, 3.05) is 0 Å². The lowest BCUT2D eigenvalue weighted by Gasteiger charge is -2.34. The predicted octanol–water partition coefficient (Wildman–Crippen LogP) is 11.4. The molecule has 0 aromatic heterocycles. The molecule has 0 saturated carbocycles. The van der Waals surface area contributed by atoms with Crippen molar-refractivity contribution in [1.82, 2.24) is 0 Å². The second-order valence-corrected chi connectivity index (χ2v) is 13.9. The third kappa shape index (κ3) is 4.61. The molecule has 0 radical (unpaired) electrons. The first kappa shape index (κ1) is 29.9. The molecule has 0 aliphatic carbocycles. The Bertz CT molecular complexity index is 2830. The second kappa shape index (κ2) is 11.9. The lowest BCUT2D eigenvalue weighted by atomic mass is 9.34. The Morgan fingerprint density at radius 2 is 0.792 bits per heavy atom. The summed E-state index contributed by atoms with van der Waals surface area (Å²) in [7, 11) is 0. The van der Waals surface area contributed by atoms with Gasteiger partial charge in [0.15, 0.2) is 0 Å². The minimum absolute atomic E-state index is 0.0104. The van der Waals surface area contributed by atoms with E-state index < -0.39 is 0 Å². The minimum Gasteiger partial charge on any atom is -0.458 e. The normalized spacial score (nSPS) is 12.4. The largest absolute Gasteiger partial charge is 0.458 e. The van der Waals surface area contributed by atoms with Crippen LogP contribution in [0, 0.1) is 0 Å². The molecule has 0 amide bonds. The molecule has 53 heavy (non-hydrogen) atoms. The molecule has 0 saturated heterocycles. The fourth-order valence-electron chi connectivity index (χ4n) is 8.72. The Morgan fingerprint density at radius 3 is 1.45 bits per heavy atom. The third-order valence-electron chi connectivity index (χ3n) is 11.0. The van der Waals surface area contributed by atoms with Gasteiger partial charge in [-0.3, -0.25) is 0 Å². The summed E-state index contributed by atoms with van der Waals surface area (Å²) in [4.78, 5) is 0. The molecule has 0 atom stereocenters.